The number of rotatable bonds is 5. The first-order valence-electron chi connectivity index (χ1n) is 12.7. The Labute approximate surface area is 226 Å². The molecule has 2 saturated carbocycles. The Morgan fingerprint density at radius 2 is 1.74 bits per heavy atom. The van der Waals surface area contributed by atoms with Crippen molar-refractivity contribution in [2.75, 3.05) is 19.0 Å². The third kappa shape index (κ3) is 3.50. The summed E-state index contributed by atoms with van der Waals surface area (Å²) < 4.78 is 5.15. The number of ether oxygens (including phenoxy) is 1. The molecular formula is C28H25N3O5S2. The number of anilines is 1. The van der Waals surface area contributed by atoms with Crippen molar-refractivity contribution in [3.05, 3.63) is 74.7 Å². The zero-order valence-corrected chi connectivity index (χ0v) is 22.1. The fourth-order valence-electron chi connectivity index (χ4n) is 7.29. The first-order valence-corrected chi connectivity index (χ1v) is 14.4. The number of carbonyl (C=O) groups excluding carboxylic acids is 3. The van der Waals surface area contributed by atoms with Crippen molar-refractivity contribution in [2.45, 2.75) is 22.6 Å². The van der Waals surface area contributed by atoms with Gasteiger partial charge in [0.1, 0.15) is 12.3 Å². The number of aromatic amines is 1. The highest BCUT2D eigenvalue weighted by Crippen LogP contribution is 2.68. The summed E-state index contributed by atoms with van der Waals surface area (Å²) in [5, 5.41) is 3.81. The Kier molecular flexibility index (Phi) is 5.52. The number of hydrogen-bond acceptors (Lipinski definition) is 7. The third-order valence-corrected chi connectivity index (χ3v) is 11.2. The van der Waals surface area contributed by atoms with Gasteiger partial charge < -0.3 is 15.0 Å². The van der Waals surface area contributed by atoms with E-state index in [2.05, 4.69) is 22.4 Å². The van der Waals surface area contributed by atoms with Crippen molar-refractivity contribution in [2.24, 2.45) is 29.6 Å². The van der Waals surface area contributed by atoms with Crippen LogP contribution >= 0.6 is 23.1 Å². The standard InChI is InChI=1S/C28H25N3O5S2/c1-36-15-9-7-14(8-10-15)29-18(32)12-31-26(33)21-16-11-17(22(21)27(31)34)23-20(16)19(13-5-3-2-4-6-13)24-25(37-23)30-28(35)38-24/h2-10,16-17,19-23H,11-12H2,1H3,(H,29,32)(H,30,35). The van der Waals surface area contributed by atoms with Gasteiger partial charge in [-0.2, -0.15) is 0 Å². The van der Waals surface area contributed by atoms with Crippen LogP contribution < -0.4 is 14.9 Å². The van der Waals surface area contributed by atoms with Crippen molar-refractivity contribution in [1.29, 1.82) is 0 Å². The molecule has 2 aliphatic carbocycles. The maximum Gasteiger partial charge on any atom is 0.305 e. The van der Waals surface area contributed by atoms with Crippen LogP contribution in [0.4, 0.5) is 5.69 Å². The van der Waals surface area contributed by atoms with E-state index < -0.39 is 17.7 Å². The number of H-pyrrole nitrogens is 1. The number of likely N-dealkylation sites (tertiary alicyclic amines) is 1. The molecule has 194 valence electrons. The Hall–Kier alpha value is -3.37. The molecular weight excluding hydrogens is 522 g/mol. The van der Waals surface area contributed by atoms with Gasteiger partial charge in [0.25, 0.3) is 0 Å². The lowest BCUT2D eigenvalue weighted by molar-refractivity contribution is -0.143. The van der Waals surface area contributed by atoms with Crippen LogP contribution in [-0.2, 0) is 14.4 Å². The second-order valence-electron chi connectivity index (χ2n) is 10.4. The predicted octanol–water partition coefficient (Wildman–Crippen LogP) is 3.56. The second kappa shape index (κ2) is 8.84. The van der Waals surface area contributed by atoms with Crippen LogP contribution in [0.5, 0.6) is 5.75 Å². The van der Waals surface area contributed by atoms with Gasteiger partial charge in [0.15, 0.2) is 0 Å². The first-order chi connectivity index (χ1) is 18.4. The average molecular weight is 548 g/mol. The molecule has 1 aromatic heterocycles. The minimum atomic E-state index is -0.411. The van der Waals surface area contributed by atoms with Crippen molar-refractivity contribution in [1.82, 2.24) is 9.88 Å². The van der Waals surface area contributed by atoms with E-state index in [9.17, 15) is 19.2 Å². The molecule has 8 nitrogen and oxygen atoms in total. The summed E-state index contributed by atoms with van der Waals surface area (Å²) in [5.41, 5.74) is 1.71. The zero-order valence-electron chi connectivity index (χ0n) is 20.5. The number of carbonyl (C=O) groups is 3. The summed E-state index contributed by atoms with van der Waals surface area (Å²) in [6.07, 6.45) is 0.823. The molecule has 4 aliphatic rings. The number of nitrogens with zero attached hydrogens (tertiary/aromatic N) is 1. The first kappa shape index (κ1) is 23.7. The number of methoxy groups -OCH3 is 1. The van der Waals surface area contributed by atoms with Gasteiger partial charge in [-0.05, 0) is 54.0 Å². The normalized spacial score (nSPS) is 30.7. The lowest BCUT2D eigenvalue weighted by atomic mass is 9.68. The molecule has 2 N–H and O–H groups in total. The summed E-state index contributed by atoms with van der Waals surface area (Å²) in [6, 6.07) is 17.1. The summed E-state index contributed by atoms with van der Waals surface area (Å²) in [6.45, 7) is -0.290. The van der Waals surface area contributed by atoms with Gasteiger partial charge in [0, 0.05) is 21.7 Å². The summed E-state index contributed by atoms with van der Waals surface area (Å²) in [5.74, 6) is -0.799. The molecule has 2 aliphatic heterocycles. The van der Waals surface area contributed by atoms with Gasteiger partial charge in [0.05, 0.1) is 24.0 Å². The molecule has 3 fully saturated rings. The van der Waals surface area contributed by atoms with E-state index in [1.165, 1.54) is 16.2 Å². The van der Waals surface area contributed by atoms with E-state index in [0.717, 1.165) is 21.9 Å². The monoisotopic (exact) mass is 547 g/mol. The molecule has 2 bridgehead atoms. The second-order valence-corrected chi connectivity index (χ2v) is 12.6. The Morgan fingerprint density at radius 1 is 1.03 bits per heavy atom. The van der Waals surface area contributed by atoms with Crippen LogP contribution in [0.15, 0.2) is 64.4 Å². The van der Waals surface area contributed by atoms with Crippen molar-refractivity contribution < 1.29 is 19.1 Å². The lowest BCUT2D eigenvalue weighted by Crippen LogP contribution is -2.42. The van der Waals surface area contributed by atoms with Crippen molar-refractivity contribution in [3.8, 4) is 5.75 Å². The Balaban J connectivity index is 1.16. The minimum absolute atomic E-state index is 0.00710. The Morgan fingerprint density at radius 3 is 2.45 bits per heavy atom. The number of hydrogen-bond donors (Lipinski definition) is 2. The molecule has 3 heterocycles. The number of fused-ring (bicyclic) bond motifs is 9. The molecule has 0 radical (unpaired) electrons. The van der Waals surface area contributed by atoms with Crippen LogP contribution in [0.3, 0.4) is 0 Å². The number of nitrogens with one attached hydrogen (secondary N) is 2. The Bertz CT molecular complexity index is 1500. The summed E-state index contributed by atoms with van der Waals surface area (Å²) in [4.78, 5) is 57.6. The van der Waals surface area contributed by atoms with Gasteiger partial charge in [-0.25, -0.2) is 0 Å². The predicted molar refractivity (Wildman–Crippen MR) is 143 cm³/mol. The number of thioether (sulfide) groups is 1. The molecule has 7 rings (SSSR count). The summed E-state index contributed by atoms with van der Waals surface area (Å²) >= 11 is 2.92. The van der Waals surface area contributed by atoms with Crippen molar-refractivity contribution in [3.63, 3.8) is 0 Å². The number of amides is 3. The van der Waals surface area contributed by atoms with E-state index in [1.807, 2.05) is 18.2 Å². The fraction of sp³-hybridized carbons (Fsp3) is 0.357. The van der Waals surface area contributed by atoms with Crippen LogP contribution in [0.25, 0.3) is 0 Å². The fourth-order valence-corrected chi connectivity index (χ4v) is 10.2. The highest BCUT2D eigenvalue weighted by Gasteiger charge is 2.69. The molecule has 1 saturated heterocycles. The van der Waals surface area contributed by atoms with Crippen LogP contribution in [0, 0.1) is 29.6 Å². The van der Waals surface area contributed by atoms with E-state index >= 15 is 0 Å². The van der Waals surface area contributed by atoms with Gasteiger partial charge in [0.2, 0.25) is 17.7 Å². The molecule has 7 atom stereocenters. The van der Waals surface area contributed by atoms with Crippen LogP contribution in [0.2, 0.25) is 0 Å². The van der Waals surface area contributed by atoms with E-state index in [0.29, 0.717) is 11.4 Å². The lowest BCUT2D eigenvalue weighted by Gasteiger charge is -2.43. The average Bonchev–Trinajstić information content (AvgIpc) is 3.65. The molecule has 3 aromatic rings. The van der Waals surface area contributed by atoms with E-state index in [-0.39, 0.29) is 52.2 Å². The SMILES string of the molecule is COc1ccc(NC(=O)CN2C(=O)C3C4CC(C3C2=O)C2C(c3ccccc3)c3sc(=O)[nH]c3SC42)cc1. The van der Waals surface area contributed by atoms with Gasteiger partial charge in [-0.3, -0.25) is 24.1 Å². The topological polar surface area (TPSA) is 109 Å². The van der Waals surface area contributed by atoms with E-state index in [1.54, 1.807) is 43.1 Å². The maximum absolute atomic E-state index is 13.7. The minimum Gasteiger partial charge on any atom is -0.497 e. The van der Waals surface area contributed by atoms with E-state index in [4.69, 9.17) is 4.74 Å². The van der Waals surface area contributed by atoms with Gasteiger partial charge >= 0.3 is 4.87 Å². The van der Waals surface area contributed by atoms with Gasteiger partial charge in [-0.1, -0.05) is 41.7 Å². The third-order valence-electron chi connectivity index (χ3n) is 8.65. The number of aromatic nitrogens is 1. The molecule has 2 aromatic carbocycles. The zero-order chi connectivity index (χ0) is 26.1. The molecule has 7 unspecified atom stereocenters. The molecule has 0 spiro atoms. The summed E-state index contributed by atoms with van der Waals surface area (Å²) in [7, 11) is 1.57. The highest BCUT2D eigenvalue weighted by molar-refractivity contribution is 8.00. The molecule has 38 heavy (non-hydrogen) atoms. The quantitative estimate of drug-likeness (QED) is 0.473. The van der Waals surface area contributed by atoms with Crippen LogP contribution in [-0.4, -0.2) is 46.5 Å². The van der Waals surface area contributed by atoms with Crippen LogP contribution in [0.1, 0.15) is 22.8 Å². The van der Waals surface area contributed by atoms with Gasteiger partial charge in [-0.15, -0.1) is 11.8 Å². The number of imide groups is 1. The maximum atomic E-state index is 13.7. The molecule has 3 amide bonds. The smallest absolute Gasteiger partial charge is 0.305 e. The number of benzene rings is 2. The largest absolute Gasteiger partial charge is 0.497 e. The highest BCUT2D eigenvalue weighted by atomic mass is 32.2. The van der Waals surface area contributed by atoms with Crippen molar-refractivity contribution >= 4 is 46.5 Å². The number of thiazole rings is 1. The molecule has 10 heteroatoms.